The summed E-state index contributed by atoms with van der Waals surface area (Å²) in [6.45, 7) is 5.60. The van der Waals surface area contributed by atoms with Crippen LogP contribution in [0.25, 0.3) is 0 Å². The summed E-state index contributed by atoms with van der Waals surface area (Å²) in [6, 6.07) is 0. The number of hydrogen-bond acceptors (Lipinski definition) is 3. The highest BCUT2D eigenvalue weighted by Gasteiger charge is 2.04. The second-order valence-electron chi connectivity index (χ2n) is 6.09. The number of hydrogen-bond donors (Lipinski definition) is 0. The van der Waals surface area contributed by atoms with Crippen LogP contribution in [0, 0.1) is 0 Å². The van der Waals surface area contributed by atoms with Gasteiger partial charge >= 0.3 is 5.97 Å². The summed E-state index contributed by atoms with van der Waals surface area (Å²) in [6.07, 6.45) is 13.0. The second kappa shape index (κ2) is 16.8. The van der Waals surface area contributed by atoms with Crippen molar-refractivity contribution in [2.45, 2.75) is 71.6 Å². The molecule has 22 heavy (non-hydrogen) atoms. The Morgan fingerprint density at radius 1 is 1.00 bits per heavy atom. The quantitative estimate of drug-likeness (QED) is 0.270. The largest absolute Gasteiger partial charge is 0.462 e. The van der Waals surface area contributed by atoms with E-state index in [9.17, 15) is 4.79 Å². The van der Waals surface area contributed by atoms with Crippen molar-refractivity contribution in [1.29, 1.82) is 0 Å². The Kier molecular flexibility index (Phi) is 18.1. The van der Waals surface area contributed by atoms with Gasteiger partial charge in [-0.2, -0.15) is 0 Å². The maximum Gasteiger partial charge on any atom is 0.333 e. The maximum absolute atomic E-state index is 11.7. The summed E-state index contributed by atoms with van der Waals surface area (Å²) in [5.74, 6) is -0.156. The molecule has 4 heteroatoms. The Hall–Kier alpha value is -0.540. The molecule has 0 aromatic carbocycles. The van der Waals surface area contributed by atoms with Crippen LogP contribution in [-0.4, -0.2) is 38.1 Å². The molecule has 0 saturated heterocycles. The number of nitrogens with zero attached hydrogens (tertiary/aromatic N) is 1. The number of unbranched alkanes of at least 4 members (excludes halogenated alkanes) is 7. The third kappa shape index (κ3) is 15.8. The normalized spacial score (nSPS) is 11.4. The van der Waals surface area contributed by atoms with Gasteiger partial charge in [-0.1, -0.05) is 57.9 Å². The third-order valence-electron chi connectivity index (χ3n) is 3.58. The lowest BCUT2D eigenvalue weighted by Gasteiger charge is -2.08. The number of rotatable bonds is 13. The Balaban J connectivity index is 0. The van der Waals surface area contributed by atoms with Crippen molar-refractivity contribution in [1.82, 2.24) is 4.90 Å². The lowest BCUT2D eigenvalue weighted by molar-refractivity contribution is -0.139. The van der Waals surface area contributed by atoms with Gasteiger partial charge in [-0.25, -0.2) is 4.79 Å². The molecule has 0 atom stereocenters. The predicted molar refractivity (Wildman–Crippen MR) is 97.7 cm³/mol. The molecule has 132 valence electrons. The van der Waals surface area contributed by atoms with E-state index in [4.69, 9.17) is 4.74 Å². The van der Waals surface area contributed by atoms with Gasteiger partial charge in [-0.3, -0.25) is 0 Å². The molecule has 0 saturated carbocycles. The van der Waals surface area contributed by atoms with Gasteiger partial charge in [0.1, 0.15) is 0 Å². The monoisotopic (exact) mass is 333 g/mol. The standard InChI is InChI=1S/C18H35NO2.ClH/c1-5-6-7-8-9-10-11-12-16-21-18(20)17(2)14-13-15-19(3)4;/h14H,5-13,15-16H2,1-4H3;1H. The first-order valence-corrected chi connectivity index (χ1v) is 8.56. The minimum absolute atomic E-state index is 0. The number of carbonyl (C=O) groups excluding carboxylic acids is 1. The molecule has 0 aromatic rings. The van der Waals surface area contributed by atoms with Gasteiger partial charge in [-0.15, -0.1) is 12.4 Å². The van der Waals surface area contributed by atoms with Crippen LogP contribution in [0.3, 0.4) is 0 Å². The van der Waals surface area contributed by atoms with Crippen molar-refractivity contribution in [2.75, 3.05) is 27.2 Å². The molecule has 0 spiro atoms. The minimum atomic E-state index is -0.156. The molecule has 0 radical (unpaired) electrons. The Morgan fingerprint density at radius 2 is 1.55 bits per heavy atom. The molecule has 0 fully saturated rings. The first-order chi connectivity index (χ1) is 10.1. The molecule has 0 aliphatic heterocycles. The highest BCUT2D eigenvalue weighted by atomic mass is 35.5. The van der Waals surface area contributed by atoms with Crippen molar-refractivity contribution >= 4 is 18.4 Å². The molecule has 0 aliphatic rings. The Bertz CT molecular complexity index is 291. The molecule has 0 amide bonds. The first-order valence-electron chi connectivity index (χ1n) is 8.56. The Labute approximate surface area is 143 Å². The zero-order valence-electron chi connectivity index (χ0n) is 15.0. The molecule has 0 unspecified atom stereocenters. The summed E-state index contributed by atoms with van der Waals surface area (Å²) in [7, 11) is 4.06. The molecule has 0 aromatic heterocycles. The van der Waals surface area contributed by atoms with E-state index in [2.05, 4.69) is 11.8 Å². The zero-order valence-corrected chi connectivity index (χ0v) is 15.8. The average molecular weight is 334 g/mol. The zero-order chi connectivity index (χ0) is 15.9. The van der Waals surface area contributed by atoms with Crippen LogP contribution in [0.4, 0.5) is 0 Å². The molecule has 0 N–H and O–H groups in total. The topological polar surface area (TPSA) is 29.5 Å². The van der Waals surface area contributed by atoms with E-state index in [1.54, 1.807) is 0 Å². The third-order valence-corrected chi connectivity index (χ3v) is 3.58. The molecular weight excluding hydrogens is 298 g/mol. The fourth-order valence-corrected chi connectivity index (χ4v) is 2.14. The second-order valence-corrected chi connectivity index (χ2v) is 6.09. The van der Waals surface area contributed by atoms with Gasteiger partial charge in [0.2, 0.25) is 0 Å². The molecule has 0 heterocycles. The van der Waals surface area contributed by atoms with E-state index in [0.717, 1.165) is 25.0 Å². The summed E-state index contributed by atoms with van der Waals surface area (Å²) in [5.41, 5.74) is 0.733. The van der Waals surface area contributed by atoms with Crippen LogP contribution in [0.5, 0.6) is 0 Å². The van der Waals surface area contributed by atoms with Crippen molar-refractivity contribution in [3.8, 4) is 0 Å². The van der Waals surface area contributed by atoms with E-state index >= 15 is 0 Å². The Morgan fingerprint density at radius 3 is 2.09 bits per heavy atom. The fourth-order valence-electron chi connectivity index (χ4n) is 2.14. The SMILES string of the molecule is CCCCCCCCCCOC(=O)C(C)=CCCN(C)C.Cl. The van der Waals surface area contributed by atoms with Crippen LogP contribution < -0.4 is 0 Å². The lowest BCUT2D eigenvalue weighted by atomic mass is 10.1. The molecule has 0 rings (SSSR count). The van der Waals surface area contributed by atoms with Crippen molar-refractivity contribution in [3.63, 3.8) is 0 Å². The molecule has 0 bridgehead atoms. The van der Waals surface area contributed by atoms with Gasteiger partial charge in [0.05, 0.1) is 6.61 Å². The summed E-state index contributed by atoms with van der Waals surface area (Å²) >= 11 is 0. The van der Waals surface area contributed by atoms with E-state index < -0.39 is 0 Å². The van der Waals surface area contributed by atoms with Crippen molar-refractivity contribution < 1.29 is 9.53 Å². The van der Waals surface area contributed by atoms with Gasteiger partial charge in [0, 0.05) is 12.1 Å². The molecule has 3 nitrogen and oxygen atoms in total. The van der Waals surface area contributed by atoms with Gasteiger partial charge < -0.3 is 9.64 Å². The molecule has 0 aliphatic carbocycles. The number of halogens is 1. The molecular formula is C18H36ClNO2. The first kappa shape index (κ1) is 23.7. The van der Waals surface area contributed by atoms with E-state index in [0.29, 0.717) is 6.61 Å². The van der Waals surface area contributed by atoms with E-state index in [-0.39, 0.29) is 18.4 Å². The van der Waals surface area contributed by atoms with E-state index in [1.807, 2.05) is 27.1 Å². The minimum Gasteiger partial charge on any atom is -0.462 e. The highest BCUT2D eigenvalue weighted by Crippen LogP contribution is 2.09. The van der Waals surface area contributed by atoms with Crippen LogP contribution in [-0.2, 0) is 9.53 Å². The fraction of sp³-hybridized carbons (Fsp3) is 0.833. The van der Waals surface area contributed by atoms with Gasteiger partial charge in [0.15, 0.2) is 0 Å². The van der Waals surface area contributed by atoms with Crippen molar-refractivity contribution in [2.24, 2.45) is 0 Å². The van der Waals surface area contributed by atoms with Gasteiger partial charge in [-0.05, 0) is 33.9 Å². The predicted octanol–water partition coefficient (Wildman–Crippen LogP) is 4.99. The lowest BCUT2D eigenvalue weighted by Crippen LogP contribution is -2.13. The smallest absolute Gasteiger partial charge is 0.333 e. The number of ether oxygens (including phenoxy) is 1. The summed E-state index contributed by atoms with van der Waals surface area (Å²) < 4.78 is 5.29. The highest BCUT2D eigenvalue weighted by molar-refractivity contribution is 5.87. The van der Waals surface area contributed by atoms with Crippen molar-refractivity contribution in [3.05, 3.63) is 11.6 Å². The van der Waals surface area contributed by atoms with Gasteiger partial charge in [0.25, 0.3) is 0 Å². The average Bonchev–Trinajstić information content (AvgIpc) is 2.44. The van der Waals surface area contributed by atoms with E-state index in [1.165, 1.54) is 44.9 Å². The maximum atomic E-state index is 11.7. The van der Waals surface area contributed by atoms with Crippen LogP contribution >= 0.6 is 12.4 Å². The van der Waals surface area contributed by atoms with Crippen LogP contribution in [0.1, 0.15) is 71.6 Å². The summed E-state index contributed by atoms with van der Waals surface area (Å²) in [5, 5.41) is 0. The van der Waals surface area contributed by atoms with Crippen LogP contribution in [0.2, 0.25) is 0 Å². The summed E-state index contributed by atoms with van der Waals surface area (Å²) in [4.78, 5) is 13.8. The van der Waals surface area contributed by atoms with Crippen LogP contribution in [0.15, 0.2) is 11.6 Å². The number of carbonyl (C=O) groups is 1. The number of esters is 1.